The van der Waals surface area contributed by atoms with Gasteiger partial charge in [-0.15, -0.1) is 0 Å². The lowest BCUT2D eigenvalue weighted by Gasteiger charge is -2.32. The molecule has 0 aromatic heterocycles. The van der Waals surface area contributed by atoms with Crippen LogP contribution in [0.2, 0.25) is 0 Å². The van der Waals surface area contributed by atoms with Crippen molar-refractivity contribution in [2.45, 2.75) is 12.8 Å². The number of piperidine rings is 1. The molecule has 1 N–H and O–H groups in total. The van der Waals surface area contributed by atoms with E-state index in [2.05, 4.69) is 11.9 Å². The van der Waals surface area contributed by atoms with Crippen molar-refractivity contribution in [3.8, 4) is 5.75 Å². The maximum atomic E-state index is 12.5. The van der Waals surface area contributed by atoms with Crippen LogP contribution in [0.25, 0.3) is 0 Å². The average molecular weight is 367 g/mol. The number of hydrogen-bond donors (Lipinski definition) is 1. The van der Waals surface area contributed by atoms with Crippen molar-refractivity contribution < 1.29 is 17.9 Å². The van der Waals surface area contributed by atoms with Crippen LogP contribution in [0.5, 0.6) is 5.75 Å². The summed E-state index contributed by atoms with van der Waals surface area (Å²) in [6, 6.07) is 7.09. The average Bonchev–Trinajstić information content (AvgIpc) is 2.60. The lowest BCUT2D eigenvalue weighted by molar-refractivity contribution is -0.120. The molecule has 0 unspecified atom stereocenters. The Bertz CT molecular complexity index is 718. The minimum Gasteiger partial charge on any atom is -0.489 e. The van der Waals surface area contributed by atoms with E-state index in [1.54, 1.807) is 30.3 Å². The minimum absolute atomic E-state index is 0.181. The molecule has 1 fully saturated rings. The van der Waals surface area contributed by atoms with Crippen LogP contribution in [-0.4, -0.2) is 56.7 Å². The fourth-order valence-electron chi connectivity index (χ4n) is 2.66. The number of nitrogens with one attached hydrogen (secondary N) is 1. The van der Waals surface area contributed by atoms with E-state index >= 15 is 0 Å². The van der Waals surface area contributed by atoms with Gasteiger partial charge in [0.1, 0.15) is 12.4 Å². The van der Waals surface area contributed by atoms with E-state index in [0.717, 1.165) is 0 Å². The molecule has 2 rings (SSSR count). The Hall–Kier alpha value is -1.90. The monoisotopic (exact) mass is 367 g/mol. The third-order valence-corrected chi connectivity index (χ3v) is 5.92. The topological polar surface area (TPSA) is 79.0 Å². The molecule has 138 valence electrons. The molecular formula is C17H25N3O4S. The van der Waals surface area contributed by atoms with Gasteiger partial charge in [-0.3, -0.25) is 4.79 Å². The summed E-state index contributed by atoms with van der Waals surface area (Å²) in [7, 11) is -0.511. The molecule has 1 aromatic carbocycles. The zero-order valence-corrected chi connectivity index (χ0v) is 15.5. The molecule has 0 spiro atoms. The number of hydrogen-bond acceptors (Lipinski definition) is 4. The SMILES string of the molecule is C=CCOc1cccc(NC(=O)[C@H]2CCCN(S(=O)(=O)N(C)C)C2)c1. The highest BCUT2D eigenvalue weighted by Crippen LogP contribution is 2.23. The van der Waals surface area contributed by atoms with Crippen molar-refractivity contribution in [2.24, 2.45) is 5.92 Å². The van der Waals surface area contributed by atoms with Crippen LogP contribution >= 0.6 is 0 Å². The second-order valence-electron chi connectivity index (χ2n) is 6.10. The van der Waals surface area contributed by atoms with Crippen LogP contribution in [0, 0.1) is 5.92 Å². The van der Waals surface area contributed by atoms with Crippen LogP contribution in [0.4, 0.5) is 5.69 Å². The molecule has 0 saturated carbocycles. The van der Waals surface area contributed by atoms with Gasteiger partial charge >= 0.3 is 0 Å². The van der Waals surface area contributed by atoms with Crippen molar-refractivity contribution in [1.29, 1.82) is 0 Å². The largest absolute Gasteiger partial charge is 0.489 e. The molecule has 0 bridgehead atoms. The third kappa shape index (κ3) is 5.04. The van der Waals surface area contributed by atoms with E-state index in [1.165, 1.54) is 22.7 Å². The van der Waals surface area contributed by atoms with Gasteiger partial charge in [0.15, 0.2) is 0 Å². The van der Waals surface area contributed by atoms with Crippen molar-refractivity contribution in [3.05, 3.63) is 36.9 Å². The Morgan fingerprint density at radius 3 is 2.92 bits per heavy atom. The van der Waals surface area contributed by atoms with E-state index in [0.29, 0.717) is 37.4 Å². The smallest absolute Gasteiger partial charge is 0.281 e. The number of carbonyl (C=O) groups is 1. The number of amides is 1. The van der Waals surface area contributed by atoms with Gasteiger partial charge in [0, 0.05) is 38.9 Å². The first-order valence-corrected chi connectivity index (χ1v) is 9.56. The molecule has 0 radical (unpaired) electrons. The second kappa shape index (κ2) is 8.46. The summed E-state index contributed by atoms with van der Waals surface area (Å²) in [5.41, 5.74) is 0.624. The van der Waals surface area contributed by atoms with Gasteiger partial charge in [0.25, 0.3) is 10.2 Å². The van der Waals surface area contributed by atoms with Crippen molar-refractivity contribution in [2.75, 3.05) is 39.1 Å². The standard InChI is InChI=1S/C17H25N3O4S/c1-4-11-24-16-9-5-8-15(12-16)18-17(21)14-7-6-10-20(13-14)25(22,23)19(2)3/h4-5,8-9,12,14H,1,6-7,10-11,13H2,2-3H3,(H,18,21)/t14-/m0/s1. The first-order chi connectivity index (χ1) is 11.8. The van der Waals surface area contributed by atoms with E-state index in [4.69, 9.17) is 4.74 Å². The Morgan fingerprint density at radius 1 is 1.48 bits per heavy atom. The Balaban J connectivity index is 2.02. The molecule has 1 aromatic rings. The lowest BCUT2D eigenvalue weighted by atomic mass is 9.98. The van der Waals surface area contributed by atoms with Crippen LogP contribution in [-0.2, 0) is 15.0 Å². The minimum atomic E-state index is -3.50. The predicted molar refractivity (Wildman–Crippen MR) is 97.7 cm³/mol. The summed E-state index contributed by atoms with van der Waals surface area (Å²) >= 11 is 0. The van der Waals surface area contributed by atoms with Gasteiger partial charge in [-0.05, 0) is 25.0 Å². The van der Waals surface area contributed by atoms with Crippen molar-refractivity contribution in [1.82, 2.24) is 8.61 Å². The summed E-state index contributed by atoms with van der Waals surface area (Å²) < 4.78 is 32.5. The number of nitrogens with zero attached hydrogens (tertiary/aromatic N) is 2. The van der Waals surface area contributed by atoms with E-state index in [-0.39, 0.29) is 18.4 Å². The number of ether oxygens (including phenoxy) is 1. The highest BCUT2D eigenvalue weighted by molar-refractivity contribution is 7.86. The van der Waals surface area contributed by atoms with Crippen molar-refractivity contribution >= 4 is 21.8 Å². The first kappa shape index (κ1) is 19.4. The van der Waals surface area contributed by atoms with E-state index < -0.39 is 10.2 Å². The molecule has 8 heteroatoms. The van der Waals surface area contributed by atoms with Crippen LogP contribution < -0.4 is 10.1 Å². The van der Waals surface area contributed by atoms with E-state index in [1.807, 2.05) is 0 Å². The first-order valence-electron chi connectivity index (χ1n) is 8.17. The number of benzene rings is 1. The van der Waals surface area contributed by atoms with Gasteiger partial charge < -0.3 is 10.1 Å². The Morgan fingerprint density at radius 2 is 2.24 bits per heavy atom. The molecule has 1 saturated heterocycles. The van der Waals surface area contributed by atoms with E-state index in [9.17, 15) is 13.2 Å². The normalized spacial score (nSPS) is 18.8. The molecule has 7 nitrogen and oxygen atoms in total. The van der Waals surface area contributed by atoms with Gasteiger partial charge in [-0.2, -0.15) is 17.0 Å². The van der Waals surface area contributed by atoms with Crippen LogP contribution in [0.1, 0.15) is 12.8 Å². The summed E-state index contributed by atoms with van der Waals surface area (Å²) in [6.07, 6.45) is 2.97. The molecule has 1 heterocycles. The fraction of sp³-hybridized carbons (Fsp3) is 0.471. The summed E-state index contributed by atoms with van der Waals surface area (Å²) in [5, 5.41) is 2.85. The van der Waals surface area contributed by atoms with Gasteiger partial charge in [0.2, 0.25) is 5.91 Å². The van der Waals surface area contributed by atoms with Crippen LogP contribution in [0.3, 0.4) is 0 Å². The van der Waals surface area contributed by atoms with Gasteiger partial charge in [0.05, 0.1) is 5.92 Å². The quantitative estimate of drug-likeness (QED) is 0.744. The molecule has 1 aliphatic rings. The second-order valence-corrected chi connectivity index (χ2v) is 8.25. The highest BCUT2D eigenvalue weighted by atomic mass is 32.2. The van der Waals surface area contributed by atoms with Gasteiger partial charge in [-0.25, -0.2) is 0 Å². The summed E-state index contributed by atoms with van der Waals surface area (Å²) in [4.78, 5) is 12.5. The molecule has 1 amide bonds. The van der Waals surface area contributed by atoms with Gasteiger partial charge in [-0.1, -0.05) is 18.7 Å². The molecular weight excluding hydrogens is 342 g/mol. The molecule has 1 aliphatic heterocycles. The molecule has 25 heavy (non-hydrogen) atoms. The maximum Gasteiger partial charge on any atom is 0.281 e. The molecule has 1 atom stereocenters. The Kier molecular flexibility index (Phi) is 6.57. The predicted octanol–water partition coefficient (Wildman–Crippen LogP) is 1.71. The highest BCUT2D eigenvalue weighted by Gasteiger charge is 2.33. The molecule has 0 aliphatic carbocycles. The summed E-state index contributed by atoms with van der Waals surface area (Å²) in [6.45, 7) is 4.61. The number of rotatable bonds is 7. The van der Waals surface area contributed by atoms with Crippen molar-refractivity contribution in [3.63, 3.8) is 0 Å². The zero-order chi connectivity index (χ0) is 18.4. The summed E-state index contributed by atoms with van der Waals surface area (Å²) in [5.74, 6) is 0.0823. The number of anilines is 1. The Labute approximate surface area is 149 Å². The third-order valence-electron chi connectivity index (χ3n) is 4.01. The number of carbonyl (C=O) groups excluding carboxylic acids is 1. The fourth-order valence-corrected chi connectivity index (χ4v) is 3.85. The zero-order valence-electron chi connectivity index (χ0n) is 14.6. The van der Waals surface area contributed by atoms with Crippen LogP contribution in [0.15, 0.2) is 36.9 Å². The maximum absolute atomic E-state index is 12.5. The lowest BCUT2D eigenvalue weighted by Crippen LogP contribution is -2.47.